The van der Waals surface area contributed by atoms with Gasteiger partial charge in [-0.25, -0.2) is 5.43 Å². The van der Waals surface area contributed by atoms with Crippen molar-refractivity contribution in [2.24, 2.45) is 12.1 Å². The van der Waals surface area contributed by atoms with E-state index in [-0.39, 0.29) is 11.1 Å². The van der Waals surface area contributed by atoms with Crippen molar-refractivity contribution in [1.29, 1.82) is 0 Å². The van der Waals surface area contributed by atoms with Gasteiger partial charge in [0.1, 0.15) is 17.1 Å². The van der Waals surface area contributed by atoms with Gasteiger partial charge in [0.15, 0.2) is 0 Å². The molecular formula is C18H21N3O4. The molecule has 25 heavy (non-hydrogen) atoms. The second-order valence-electron chi connectivity index (χ2n) is 5.10. The number of aromatic nitrogens is 1. The third-order valence-electron chi connectivity index (χ3n) is 3.33. The molecule has 7 nitrogen and oxygen atoms in total. The molecule has 0 unspecified atom stereocenters. The van der Waals surface area contributed by atoms with Gasteiger partial charge in [-0.05, 0) is 38.1 Å². The molecule has 1 amide bonds. The predicted octanol–water partition coefficient (Wildman–Crippen LogP) is 1.95. The SMILES string of the molecule is CCOc1ccc(/C=N\NC(=O)c2cccn(C)c2=O)c(OCC)c1. The molecule has 0 saturated heterocycles. The molecule has 0 spiro atoms. The summed E-state index contributed by atoms with van der Waals surface area (Å²) in [4.78, 5) is 24.0. The Morgan fingerprint density at radius 3 is 2.72 bits per heavy atom. The van der Waals surface area contributed by atoms with Crippen molar-refractivity contribution in [3.05, 3.63) is 58.0 Å². The summed E-state index contributed by atoms with van der Waals surface area (Å²) in [5, 5.41) is 3.91. The van der Waals surface area contributed by atoms with Crippen LogP contribution in [0.15, 0.2) is 46.4 Å². The van der Waals surface area contributed by atoms with Crippen molar-refractivity contribution in [1.82, 2.24) is 9.99 Å². The van der Waals surface area contributed by atoms with E-state index in [1.54, 1.807) is 37.5 Å². The van der Waals surface area contributed by atoms with E-state index in [4.69, 9.17) is 9.47 Å². The van der Waals surface area contributed by atoms with Gasteiger partial charge in [0.25, 0.3) is 11.5 Å². The number of hydrogen-bond donors (Lipinski definition) is 1. The van der Waals surface area contributed by atoms with Crippen LogP contribution >= 0.6 is 0 Å². The van der Waals surface area contributed by atoms with Crippen molar-refractivity contribution < 1.29 is 14.3 Å². The number of hydrogen-bond acceptors (Lipinski definition) is 5. The maximum absolute atomic E-state index is 12.1. The van der Waals surface area contributed by atoms with Gasteiger partial charge in [0.05, 0.1) is 19.4 Å². The summed E-state index contributed by atoms with van der Waals surface area (Å²) in [5.41, 5.74) is 2.69. The van der Waals surface area contributed by atoms with Gasteiger partial charge < -0.3 is 14.0 Å². The fraction of sp³-hybridized carbons (Fsp3) is 0.278. The Bertz CT molecular complexity index is 827. The number of pyridine rings is 1. The number of aryl methyl sites for hydroxylation is 1. The third-order valence-corrected chi connectivity index (χ3v) is 3.33. The summed E-state index contributed by atoms with van der Waals surface area (Å²) in [6.07, 6.45) is 3.04. The van der Waals surface area contributed by atoms with Gasteiger partial charge in [0, 0.05) is 24.9 Å². The first-order valence-electron chi connectivity index (χ1n) is 7.95. The molecule has 0 aliphatic heterocycles. The maximum atomic E-state index is 12.1. The molecule has 0 radical (unpaired) electrons. The molecule has 0 saturated carbocycles. The van der Waals surface area contributed by atoms with E-state index in [1.165, 1.54) is 16.8 Å². The van der Waals surface area contributed by atoms with Crippen molar-refractivity contribution in [2.45, 2.75) is 13.8 Å². The van der Waals surface area contributed by atoms with Crippen LogP contribution in [0.4, 0.5) is 0 Å². The predicted molar refractivity (Wildman–Crippen MR) is 95.5 cm³/mol. The smallest absolute Gasteiger partial charge is 0.276 e. The standard InChI is InChI=1S/C18H21N3O4/c1-4-24-14-9-8-13(16(11-14)25-5-2)12-19-20-17(22)15-7-6-10-21(3)18(15)23/h6-12H,4-5H2,1-3H3,(H,20,22)/b19-12-. The van der Waals surface area contributed by atoms with Gasteiger partial charge in [-0.15, -0.1) is 0 Å². The van der Waals surface area contributed by atoms with Crippen LogP contribution in [-0.2, 0) is 7.05 Å². The molecule has 7 heteroatoms. The van der Waals surface area contributed by atoms with Crippen LogP contribution in [0.5, 0.6) is 11.5 Å². The van der Waals surface area contributed by atoms with Gasteiger partial charge >= 0.3 is 0 Å². The summed E-state index contributed by atoms with van der Waals surface area (Å²) in [5.74, 6) is 0.725. The Labute approximate surface area is 145 Å². The highest BCUT2D eigenvalue weighted by Gasteiger charge is 2.10. The second-order valence-corrected chi connectivity index (χ2v) is 5.10. The van der Waals surface area contributed by atoms with Crippen molar-refractivity contribution in [2.75, 3.05) is 13.2 Å². The normalized spacial score (nSPS) is 10.7. The van der Waals surface area contributed by atoms with Crippen LogP contribution in [0.2, 0.25) is 0 Å². The number of hydrazone groups is 1. The number of carbonyl (C=O) groups is 1. The van der Waals surface area contributed by atoms with Crippen LogP contribution in [0.1, 0.15) is 29.8 Å². The highest BCUT2D eigenvalue weighted by atomic mass is 16.5. The van der Waals surface area contributed by atoms with Crippen molar-refractivity contribution in [3.8, 4) is 11.5 Å². The quantitative estimate of drug-likeness (QED) is 0.615. The molecule has 1 aromatic carbocycles. The number of ether oxygens (including phenoxy) is 2. The Hall–Kier alpha value is -3.09. The molecule has 1 N–H and O–H groups in total. The summed E-state index contributed by atoms with van der Waals surface area (Å²) < 4.78 is 12.3. The molecule has 2 rings (SSSR count). The number of amides is 1. The molecule has 0 atom stereocenters. The highest BCUT2D eigenvalue weighted by Crippen LogP contribution is 2.23. The van der Waals surface area contributed by atoms with E-state index in [9.17, 15) is 9.59 Å². The van der Waals surface area contributed by atoms with Gasteiger partial charge in [-0.2, -0.15) is 5.10 Å². The minimum atomic E-state index is -0.568. The second kappa shape index (κ2) is 8.68. The van der Waals surface area contributed by atoms with Crippen LogP contribution in [0, 0.1) is 0 Å². The average Bonchev–Trinajstić information content (AvgIpc) is 2.59. The van der Waals surface area contributed by atoms with Crippen LogP contribution in [0.25, 0.3) is 0 Å². The van der Waals surface area contributed by atoms with Gasteiger partial charge in [-0.3, -0.25) is 9.59 Å². The lowest BCUT2D eigenvalue weighted by Gasteiger charge is -2.10. The summed E-state index contributed by atoms with van der Waals surface area (Å²) >= 11 is 0. The van der Waals surface area contributed by atoms with Crippen LogP contribution < -0.4 is 20.5 Å². The number of nitrogens with zero attached hydrogens (tertiary/aromatic N) is 2. The number of nitrogens with one attached hydrogen (secondary N) is 1. The minimum Gasteiger partial charge on any atom is -0.494 e. The van der Waals surface area contributed by atoms with E-state index < -0.39 is 5.91 Å². The molecule has 0 aliphatic carbocycles. The monoisotopic (exact) mass is 343 g/mol. The lowest BCUT2D eigenvalue weighted by Crippen LogP contribution is -2.29. The summed E-state index contributed by atoms with van der Waals surface area (Å²) in [6.45, 7) is 4.82. The molecule has 0 fully saturated rings. The Morgan fingerprint density at radius 2 is 2.00 bits per heavy atom. The first kappa shape index (κ1) is 18.3. The number of carbonyl (C=O) groups excluding carboxylic acids is 1. The first-order chi connectivity index (χ1) is 12.1. The molecule has 2 aromatic rings. The van der Waals surface area contributed by atoms with Crippen molar-refractivity contribution >= 4 is 12.1 Å². The lowest BCUT2D eigenvalue weighted by atomic mass is 10.2. The minimum absolute atomic E-state index is 0.0267. The van der Waals surface area contributed by atoms with E-state index in [2.05, 4.69) is 10.5 Å². The molecule has 0 aliphatic rings. The van der Waals surface area contributed by atoms with E-state index in [0.29, 0.717) is 30.3 Å². The molecule has 132 valence electrons. The Morgan fingerprint density at radius 1 is 1.24 bits per heavy atom. The molecule has 1 heterocycles. The fourth-order valence-corrected chi connectivity index (χ4v) is 2.15. The van der Waals surface area contributed by atoms with Crippen molar-refractivity contribution in [3.63, 3.8) is 0 Å². The van der Waals surface area contributed by atoms with Gasteiger partial charge in [0.2, 0.25) is 0 Å². The fourth-order valence-electron chi connectivity index (χ4n) is 2.15. The van der Waals surface area contributed by atoms with Crippen LogP contribution in [0.3, 0.4) is 0 Å². The average molecular weight is 343 g/mol. The lowest BCUT2D eigenvalue weighted by molar-refractivity contribution is 0.0953. The first-order valence-corrected chi connectivity index (χ1v) is 7.95. The number of rotatable bonds is 7. The molecule has 0 bridgehead atoms. The van der Waals surface area contributed by atoms with E-state index in [1.807, 2.05) is 13.8 Å². The molecular weight excluding hydrogens is 322 g/mol. The van der Waals surface area contributed by atoms with E-state index >= 15 is 0 Å². The highest BCUT2D eigenvalue weighted by molar-refractivity contribution is 5.94. The zero-order valence-corrected chi connectivity index (χ0v) is 14.5. The third kappa shape index (κ3) is 4.69. The summed E-state index contributed by atoms with van der Waals surface area (Å²) in [7, 11) is 1.58. The zero-order chi connectivity index (χ0) is 18.2. The largest absolute Gasteiger partial charge is 0.494 e. The zero-order valence-electron chi connectivity index (χ0n) is 14.5. The van der Waals surface area contributed by atoms with Gasteiger partial charge in [-0.1, -0.05) is 0 Å². The molecule has 1 aromatic heterocycles. The summed E-state index contributed by atoms with van der Waals surface area (Å²) in [6, 6.07) is 8.42. The number of benzene rings is 1. The Balaban J connectivity index is 2.14. The van der Waals surface area contributed by atoms with Crippen LogP contribution in [-0.4, -0.2) is 29.9 Å². The van der Waals surface area contributed by atoms with E-state index in [0.717, 1.165) is 0 Å². The topological polar surface area (TPSA) is 81.9 Å². The maximum Gasteiger partial charge on any atom is 0.276 e. The Kier molecular flexibility index (Phi) is 6.33.